The summed E-state index contributed by atoms with van der Waals surface area (Å²) in [5.41, 5.74) is 0. The van der Waals surface area contributed by atoms with Crippen LogP contribution in [0.4, 0.5) is 0 Å². The molecule has 1 N–H and O–H groups in total. The molecule has 1 aliphatic rings. The van der Waals surface area contributed by atoms with Crippen molar-refractivity contribution in [1.29, 1.82) is 0 Å². The Bertz CT molecular complexity index is 160. The number of aliphatic hydroxyl groups excluding tert-OH is 1. The molecule has 16 heavy (non-hydrogen) atoms. The van der Waals surface area contributed by atoms with Crippen LogP contribution in [0.2, 0.25) is 0 Å². The van der Waals surface area contributed by atoms with Crippen LogP contribution in [0.5, 0.6) is 0 Å². The second kappa shape index (κ2) is 9.32. The molecule has 0 aromatic carbocycles. The van der Waals surface area contributed by atoms with Crippen LogP contribution in [0.25, 0.3) is 0 Å². The lowest BCUT2D eigenvalue weighted by Crippen LogP contribution is -2.33. The van der Waals surface area contributed by atoms with Crippen molar-refractivity contribution in [2.75, 3.05) is 31.1 Å². The summed E-state index contributed by atoms with van der Waals surface area (Å²) in [6, 6.07) is 0. The lowest BCUT2D eigenvalue weighted by Gasteiger charge is -2.25. The molecule has 1 rings (SSSR count). The Morgan fingerprint density at radius 2 is 1.88 bits per heavy atom. The average Bonchev–Trinajstić information content (AvgIpc) is 2.30. The highest BCUT2D eigenvalue weighted by Crippen LogP contribution is 2.12. The lowest BCUT2D eigenvalue weighted by atomic mass is 10.1. The fourth-order valence-electron chi connectivity index (χ4n) is 2.19. The quantitative estimate of drug-likeness (QED) is 0.665. The minimum Gasteiger partial charge on any atom is -0.393 e. The Morgan fingerprint density at radius 3 is 2.56 bits per heavy atom. The second-order valence-corrected chi connectivity index (χ2v) is 5.97. The molecule has 0 spiro atoms. The number of hydrogen-bond donors (Lipinski definition) is 1. The van der Waals surface area contributed by atoms with Crippen molar-refractivity contribution in [3.8, 4) is 0 Å². The van der Waals surface area contributed by atoms with Crippen LogP contribution in [-0.2, 0) is 0 Å². The van der Waals surface area contributed by atoms with E-state index >= 15 is 0 Å². The number of aliphatic hydroxyl groups is 1. The number of unbranched alkanes of at least 4 members (excludes halogenated alkanes) is 2. The van der Waals surface area contributed by atoms with Gasteiger partial charge in [0.1, 0.15) is 0 Å². The SMILES string of the molecule is CCC[C@H](O)CCCCCN1CCSCC1. The van der Waals surface area contributed by atoms with Crippen LogP contribution in [0.1, 0.15) is 45.4 Å². The van der Waals surface area contributed by atoms with Crippen molar-refractivity contribution >= 4 is 11.8 Å². The van der Waals surface area contributed by atoms with E-state index in [1.807, 2.05) is 0 Å². The van der Waals surface area contributed by atoms with Gasteiger partial charge in [-0.25, -0.2) is 0 Å². The summed E-state index contributed by atoms with van der Waals surface area (Å²) < 4.78 is 0. The Balaban J connectivity index is 1.87. The molecule has 0 aromatic rings. The van der Waals surface area contributed by atoms with Crippen LogP contribution in [-0.4, -0.2) is 47.3 Å². The molecule has 1 aliphatic heterocycles. The van der Waals surface area contributed by atoms with Gasteiger partial charge in [-0.1, -0.05) is 26.2 Å². The van der Waals surface area contributed by atoms with Gasteiger partial charge in [-0.15, -0.1) is 0 Å². The summed E-state index contributed by atoms with van der Waals surface area (Å²) >= 11 is 2.08. The van der Waals surface area contributed by atoms with Gasteiger partial charge in [0.2, 0.25) is 0 Å². The molecule has 1 atom stereocenters. The highest BCUT2D eigenvalue weighted by molar-refractivity contribution is 7.99. The molecule has 0 aromatic heterocycles. The number of nitrogens with zero attached hydrogens (tertiary/aromatic N) is 1. The van der Waals surface area contributed by atoms with Crippen molar-refractivity contribution < 1.29 is 5.11 Å². The largest absolute Gasteiger partial charge is 0.393 e. The van der Waals surface area contributed by atoms with E-state index in [0.717, 1.165) is 19.3 Å². The average molecular weight is 245 g/mol. The zero-order valence-electron chi connectivity index (χ0n) is 10.7. The summed E-state index contributed by atoms with van der Waals surface area (Å²) in [7, 11) is 0. The fraction of sp³-hybridized carbons (Fsp3) is 1.00. The first-order valence-electron chi connectivity index (χ1n) is 6.81. The molecule has 0 aliphatic carbocycles. The topological polar surface area (TPSA) is 23.5 Å². The van der Waals surface area contributed by atoms with E-state index in [4.69, 9.17) is 0 Å². The Morgan fingerprint density at radius 1 is 1.12 bits per heavy atom. The van der Waals surface area contributed by atoms with E-state index in [-0.39, 0.29) is 6.10 Å². The second-order valence-electron chi connectivity index (χ2n) is 4.75. The zero-order valence-corrected chi connectivity index (χ0v) is 11.5. The Labute approximate surface area is 105 Å². The van der Waals surface area contributed by atoms with Gasteiger partial charge < -0.3 is 10.0 Å². The van der Waals surface area contributed by atoms with Gasteiger partial charge in [-0.2, -0.15) is 11.8 Å². The Hall–Kier alpha value is 0.270. The van der Waals surface area contributed by atoms with E-state index < -0.39 is 0 Å². The van der Waals surface area contributed by atoms with Crippen molar-refractivity contribution in [3.63, 3.8) is 0 Å². The first-order valence-corrected chi connectivity index (χ1v) is 7.96. The van der Waals surface area contributed by atoms with Gasteiger partial charge in [-0.05, 0) is 25.8 Å². The maximum absolute atomic E-state index is 9.58. The van der Waals surface area contributed by atoms with Gasteiger partial charge in [0.15, 0.2) is 0 Å². The molecule has 0 bridgehead atoms. The number of hydrogen-bond acceptors (Lipinski definition) is 3. The van der Waals surface area contributed by atoms with E-state index in [1.165, 1.54) is 50.4 Å². The monoisotopic (exact) mass is 245 g/mol. The van der Waals surface area contributed by atoms with Crippen LogP contribution in [0.15, 0.2) is 0 Å². The van der Waals surface area contributed by atoms with Gasteiger partial charge in [0.25, 0.3) is 0 Å². The minimum atomic E-state index is -0.0450. The predicted molar refractivity (Wildman–Crippen MR) is 73.1 cm³/mol. The van der Waals surface area contributed by atoms with Crippen LogP contribution < -0.4 is 0 Å². The first kappa shape index (κ1) is 14.3. The normalized spacial score (nSPS) is 19.9. The zero-order chi connectivity index (χ0) is 11.6. The number of rotatable bonds is 8. The molecule has 2 nitrogen and oxygen atoms in total. The van der Waals surface area contributed by atoms with E-state index in [9.17, 15) is 5.11 Å². The van der Waals surface area contributed by atoms with E-state index in [0.29, 0.717) is 0 Å². The molecule has 1 fully saturated rings. The molecular weight excluding hydrogens is 218 g/mol. The smallest absolute Gasteiger partial charge is 0.0540 e. The van der Waals surface area contributed by atoms with Gasteiger partial charge in [0.05, 0.1) is 6.10 Å². The third-order valence-electron chi connectivity index (χ3n) is 3.24. The van der Waals surface area contributed by atoms with Gasteiger partial charge in [-0.3, -0.25) is 0 Å². The summed E-state index contributed by atoms with van der Waals surface area (Å²) in [5, 5.41) is 9.58. The van der Waals surface area contributed by atoms with Crippen LogP contribution in [0.3, 0.4) is 0 Å². The highest BCUT2D eigenvalue weighted by Gasteiger charge is 2.09. The first-order chi connectivity index (χ1) is 7.83. The Kier molecular flexibility index (Phi) is 8.34. The summed E-state index contributed by atoms with van der Waals surface area (Å²) in [4.78, 5) is 2.58. The minimum absolute atomic E-state index is 0.0450. The summed E-state index contributed by atoms with van der Waals surface area (Å²) in [5.74, 6) is 2.63. The van der Waals surface area contributed by atoms with Crippen molar-refractivity contribution in [3.05, 3.63) is 0 Å². The van der Waals surface area contributed by atoms with Crippen molar-refractivity contribution in [1.82, 2.24) is 4.90 Å². The van der Waals surface area contributed by atoms with Crippen molar-refractivity contribution in [2.24, 2.45) is 0 Å². The summed E-state index contributed by atoms with van der Waals surface area (Å²) in [6.45, 7) is 5.97. The highest BCUT2D eigenvalue weighted by atomic mass is 32.2. The molecule has 0 amide bonds. The van der Waals surface area contributed by atoms with Crippen LogP contribution >= 0.6 is 11.8 Å². The lowest BCUT2D eigenvalue weighted by molar-refractivity contribution is 0.149. The summed E-state index contributed by atoms with van der Waals surface area (Å²) in [6.07, 6.45) is 6.83. The standard InChI is InChI=1S/C13H27NOS/c1-2-6-13(15)7-4-3-5-8-14-9-11-16-12-10-14/h13,15H,2-12H2,1H3/t13-/m0/s1. The van der Waals surface area contributed by atoms with E-state index in [2.05, 4.69) is 23.6 Å². The van der Waals surface area contributed by atoms with Gasteiger partial charge in [0, 0.05) is 24.6 Å². The third kappa shape index (κ3) is 6.77. The molecule has 96 valence electrons. The number of thioether (sulfide) groups is 1. The maximum atomic E-state index is 9.58. The molecule has 1 saturated heterocycles. The predicted octanol–water partition coefficient (Wildman–Crippen LogP) is 2.76. The maximum Gasteiger partial charge on any atom is 0.0540 e. The molecule has 0 radical (unpaired) electrons. The van der Waals surface area contributed by atoms with Gasteiger partial charge >= 0.3 is 0 Å². The molecule has 0 unspecified atom stereocenters. The van der Waals surface area contributed by atoms with Crippen molar-refractivity contribution in [2.45, 2.75) is 51.6 Å². The molecular formula is C13H27NOS. The fourth-order valence-corrected chi connectivity index (χ4v) is 3.17. The third-order valence-corrected chi connectivity index (χ3v) is 4.18. The molecule has 3 heteroatoms. The molecule has 0 saturated carbocycles. The van der Waals surface area contributed by atoms with Crippen LogP contribution in [0, 0.1) is 0 Å². The molecule has 1 heterocycles. The van der Waals surface area contributed by atoms with E-state index in [1.54, 1.807) is 0 Å².